The molecule has 2 aliphatic rings. The second-order valence-corrected chi connectivity index (χ2v) is 11.7. The average molecular weight is 665 g/mol. The largest absolute Gasteiger partial charge is 0.496 e. The zero-order chi connectivity index (χ0) is 34.2. The van der Waals surface area contributed by atoms with Crippen molar-refractivity contribution in [1.29, 1.82) is 0 Å². The summed E-state index contributed by atoms with van der Waals surface area (Å²) in [6.07, 6.45) is -0.843. The molecule has 3 aromatic carbocycles. The minimum atomic E-state index is -4.58. The van der Waals surface area contributed by atoms with Crippen molar-refractivity contribution in [2.75, 3.05) is 45.3 Å². The van der Waals surface area contributed by atoms with Crippen LogP contribution in [0, 0.1) is 18.6 Å². The number of hydrogen-bond acceptors (Lipinski definition) is 7. The lowest BCUT2D eigenvalue weighted by molar-refractivity contribution is -0.140. The lowest BCUT2D eigenvalue weighted by Gasteiger charge is -2.42. The zero-order valence-corrected chi connectivity index (χ0v) is 26.6. The summed E-state index contributed by atoms with van der Waals surface area (Å²) < 4.78 is 81.7. The van der Waals surface area contributed by atoms with E-state index >= 15 is 4.39 Å². The van der Waals surface area contributed by atoms with Crippen molar-refractivity contribution >= 4 is 28.1 Å². The highest BCUT2D eigenvalue weighted by Crippen LogP contribution is 2.45. The molecule has 0 N–H and O–H groups in total. The Morgan fingerprint density at radius 3 is 2.38 bits per heavy atom. The second kappa shape index (κ2) is 13.2. The number of nitrogens with zero attached hydrogens (tertiary/aromatic N) is 4. The molecule has 1 unspecified atom stereocenters. The van der Waals surface area contributed by atoms with Crippen LogP contribution in [-0.4, -0.2) is 61.2 Å². The molecule has 1 aliphatic heterocycles. The van der Waals surface area contributed by atoms with Gasteiger partial charge in [0, 0.05) is 60.0 Å². The number of aryl methyl sites for hydroxylation is 1. The van der Waals surface area contributed by atoms with E-state index in [2.05, 4.69) is 14.8 Å². The van der Waals surface area contributed by atoms with Crippen LogP contribution >= 0.6 is 0 Å². The number of alkyl halides is 3. The fraction of sp³-hybridized carbons (Fsp3) is 0.306. The van der Waals surface area contributed by atoms with Crippen molar-refractivity contribution in [3.8, 4) is 5.75 Å². The molecule has 48 heavy (non-hydrogen) atoms. The van der Waals surface area contributed by atoms with E-state index in [-0.39, 0.29) is 35.0 Å². The topological polar surface area (TPSA) is 67.8 Å². The maximum absolute atomic E-state index is 15.2. The first-order valence-corrected chi connectivity index (χ1v) is 15.4. The van der Waals surface area contributed by atoms with Gasteiger partial charge in [0.1, 0.15) is 22.9 Å². The molecule has 6 rings (SSSR count). The van der Waals surface area contributed by atoms with Crippen molar-refractivity contribution in [2.45, 2.75) is 31.9 Å². The molecule has 1 aromatic heterocycles. The highest BCUT2D eigenvalue weighted by molar-refractivity contribution is 5.88. The van der Waals surface area contributed by atoms with Gasteiger partial charge in [-0.1, -0.05) is 24.3 Å². The molecule has 1 saturated heterocycles. The van der Waals surface area contributed by atoms with Gasteiger partial charge in [0.15, 0.2) is 5.82 Å². The van der Waals surface area contributed by atoms with Crippen molar-refractivity contribution in [1.82, 2.24) is 14.9 Å². The monoisotopic (exact) mass is 664 g/mol. The maximum atomic E-state index is 15.2. The van der Waals surface area contributed by atoms with Gasteiger partial charge in [0.2, 0.25) is 0 Å². The summed E-state index contributed by atoms with van der Waals surface area (Å²) in [7, 11) is 2.66. The average Bonchev–Trinajstić information content (AvgIpc) is 3.08. The molecule has 2 heterocycles. The van der Waals surface area contributed by atoms with Gasteiger partial charge in [0.05, 0.1) is 31.9 Å². The summed E-state index contributed by atoms with van der Waals surface area (Å²) >= 11 is 0. The van der Waals surface area contributed by atoms with Gasteiger partial charge in [-0.05, 0) is 61.4 Å². The normalized spacial score (nSPS) is 16.9. The molecule has 4 aromatic rings. The Bertz CT molecular complexity index is 1930. The fourth-order valence-corrected chi connectivity index (χ4v) is 6.42. The Kier molecular flexibility index (Phi) is 9.09. The molecule has 1 atom stereocenters. The van der Waals surface area contributed by atoms with Crippen LogP contribution in [0.5, 0.6) is 5.75 Å². The number of piperazine rings is 1. The van der Waals surface area contributed by atoms with Crippen molar-refractivity contribution < 1.29 is 36.2 Å². The van der Waals surface area contributed by atoms with Crippen LogP contribution in [0.4, 0.5) is 27.6 Å². The van der Waals surface area contributed by atoms with Crippen molar-refractivity contribution in [2.24, 2.45) is 0 Å². The Hall–Kier alpha value is -5.00. The lowest BCUT2D eigenvalue weighted by Crippen LogP contribution is -2.47. The Balaban J connectivity index is 1.51. The van der Waals surface area contributed by atoms with Crippen LogP contribution in [0.2, 0.25) is 0 Å². The van der Waals surface area contributed by atoms with Crippen molar-refractivity contribution in [3.05, 3.63) is 112 Å². The third-order valence-corrected chi connectivity index (χ3v) is 8.86. The van der Waals surface area contributed by atoms with E-state index in [9.17, 15) is 22.4 Å². The van der Waals surface area contributed by atoms with Gasteiger partial charge in [-0.3, -0.25) is 4.79 Å². The molecule has 7 nitrogen and oxygen atoms in total. The van der Waals surface area contributed by atoms with Crippen LogP contribution < -0.4 is 9.64 Å². The maximum Gasteiger partial charge on any atom is 0.416 e. The number of esters is 1. The number of fused-ring (bicyclic) bond motifs is 1. The molecule has 0 spiro atoms. The number of halogens is 5. The summed E-state index contributed by atoms with van der Waals surface area (Å²) in [5, 5.41) is 0.352. The van der Waals surface area contributed by atoms with E-state index < -0.39 is 29.4 Å². The van der Waals surface area contributed by atoms with Crippen LogP contribution in [0.1, 0.15) is 40.5 Å². The number of carbonyl (C=O) groups excluding carboxylic acids is 1. The highest BCUT2D eigenvalue weighted by atomic mass is 19.4. The first-order valence-electron chi connectivity index (χ1n) is 15.4. The zero-order valence-electron chi connectivity index (χ0n) is 26.6. The van der Waals surface area contributed by atoms with Crippen LogP contribution in [0.25, 0.3) is 16.5 Å². The Morgan fingerprint density at radius 1 is 0.938 bits per heavy atom. The summed E-state index contributed by atoms with van der Waals surface area (Å²) in [4.78, 5) is 25.9. The van der Waals surface area contributed by atoms with Gasteiger partial charge < -0.3 is 19.3 Å². The van der Waals surface area contributed by atoms with E-state index in [0.717, 1.165) is 17.8 Å². The molecular formula is C36H33F5N4O3. The number of anilines is 1. The minimum Gasteiger partial charge on any atom is -0.496 e. The van der Waals surface area contributed by atoms with Crippen LogP contribution in [0.15, 0.2) is 72.4 Å². The molecule has 0 amide bonds. The molecule has 1 aliphatic carbocycles. The third-order valence-electron chi connectivity index (χ3n) is 8.86. The highest BCUT2D eigenvalue weighted by Gasteiger charge is 2.36. The lowest BCUT2D eigenvalue weighted by atomic mass is 9.83. The summed E-state index contributed by atoms with van der Waals surface area (Å²) in [5.74, 6) is -1.66. The molecule has 0 radical (unpaired) electrons. The van der Waals surface area contributed by atoms with E-state index in [1.165, 1.54) is 38.5 Å². The van der Waals surface area contributed by atoms with Gasteiger partial charge in [-0.25, -0.2) is 18.7 Å². The van der Waals surface area contributed by atoms with Gasteiger partial charge in [0.25, 0.3) is 0 Å². The quantitative estimate of drug-likeness (QED) is 0.153. The number of benzene rings is 3. The van der Waals surface area contributed by atoms with Crippen LogP contribution in [0.3, 0.4) is 0 Å². The SMILES string of the molecule is COC(=O)Cc1nc(C2=C(N3CCN(c4ccc(F)c(C)c4)CC3)C(c3cc(C(F)(F)F)ccc3OC)CC=C2)nc2c(F)cccc12. The number of carbonyl (C=O) groups is 1. The number of para-hydroxylation sites is 1. The van der Waals surface area contributed by atoms with Gasteiger partial charge >= 0.3 is 12.1 Å². The summed E-state index contributed by atoms with van der Waals surface area (Å²) in [5.41, 5.74) is 2.34. The standard InChI is InChI=1S/C36H33F5N4O3/c1-21-18-23(11-12-28(21)37)44-14-16-45(17-15-44)34-24(27-19-22(36(39,40)41)10-13-31(27)47-2)6-4-8-26(34)35-42-30(20-32(46)48-3)25-7-5-9-29(38)33(25)43-35/h4-5,7-13,18-19,24H,6,14-17,20H2,1-3H3. The smallest absolute Gasteiger partial charge is 0.416 e. The second-order valence-electron chi connectivity index (χ2n) is 11.7. The van der Waals surface area contributed by atoms with Crippen LogP contribution in [-0.2, 0) is 22.1 Å². The number of allylic oxidation sites excluding steroid dienone is 4. The Labute approximate surface area is 274 Å². The molecular weight excluding hydrogens is 631 g/mol. The first-order chi connectivity index (χ1) is 23.0. The van der Waals surface area contributed by atoms with E-state index in [0.29, 0.717) is 60.4 Å². The van der Waals surface area contributed by atoms with E-state index in [4.69, 9.17) is 14.5 Å². The molecule has 0 bridgehead atoms. The summed E-state index contributed by atoms with van der Waals surface area (Å²) in [6.45, 7) is 3.72. The predicted octanol–water partition coefficient (Wildman–Crippen LogP) is 7.24. The van der Waals surface area contributed by atoms with E-state index in [1.807, 2.05) is 6.08 Å². The minimum absolute atomic E-state index is 0.0110. The Morgan fingerprint density at radius 2 is 1.69 bits per heavy atom. The molecule has 250 valence electrons. The van der Waals surface area contributed by atoms with Gasteiger partial charge in [-0.15, -0.1) is 0 Å². The number of methoxy groups -OCH3 is 2. The fourth-order valence-electron chi connectivity index (χ4n) is 6.42. The predicted molar refractivity (Wildman–Crippen MR) is 172 cm³/mol. The molecule has 12 heteroatoms. The third kappa shape index (κ3) is 6.43. The van der Waals surface area contributed by atoms with E-state index in [1.54, 1.807) is 31.2 Å². The first kappa shape index (κ1) is 32.9. The summed E-state index contributed by atoms with van der Waals surface area (Å²) in [6, 6.07) is 12.8. The molecule has 1 fully saturated rings. The number of rotatable bonds is 7. The number of hydrogen-bond donors (Lipinski definition) is 0. The number of ether oxygens (including phenoxy) is 2. The number of aromatic nitrogens is 2. The van der Waals surface area contributed by atoms with Gasteiger partial charge in [-0.2, -0.15) is 13.2 Å². The van der Waals surface area contributed by atoms with Crippen molar-refractivity contribution in [3.63, 3.8) is 0 Å². The molecule has 0 saturated carbocycles.